The van der Waals surface area contributed by atoms with Gasteiger partial charge in [0, 0.05) is 31.2 Å². The molecule has 5 nitrogen and oxygen atoms in total. The number of aliphatic hydroxyl groups excluding tert-OH is 1. The minimum absolute atomic E-state index is 0.00380. The molecule has 1 aromatic rings. The van der Waals surface area contributed by atoms with Crippen molar-refractivity contribution in [2.24, 2.45) is 0 Å². The zero-order valence-corrected chi connectivity index (χ0v) is 14.7. The fourth-order valence-corrected chi connectivity index (χ4v) is 2.96. The Labute approximate surface area is 142 Å². The van der Waals surface area contributed by atoms with E-state index in [9.17, 15) is 9.90 Å². The molecule has 1 amide bonds. The minimum atomic E-state index is -0.487. The Morgan fingerprint density at radius 1 is 1.26 bits per heavy atom. The van der Waals surface area contributed by atoms with Crippen molar-refractivity contribution in [3.63, 3.8) is 0 Å². The van der Waals surface area contributed by atoms with E-state index in [0.29, 0.717) is 31.2 Å². The highest BCUT2D eigenvalue weighted by molar-refractivity contribution is 6.31. The minimum Gasteiger partial charge on any atom is -0.444 e. The van der Waals surface area contributed by atoms with Crippen LogP contribution in [0.15, 0.2) is 24.3 Å². The van der Waals surface area contributed by atoms with Crippen LogP contribution >= 0.6 is 11.6 Å². The summed E-state index contributed by atoms with van der Waals surface area (Å²) in [5, 5.41) is 10.4. The van der Waals surface area contributed by atoms with E-state index in [1.165, 1.54) is 0 Å². The Kier molecular flexibility index (Phi) is 5.89. The first-order valence-electron chi connectivity index (χ1n) is 7.89. The van der Waals surface area contributed by atoms with Crippen LogP contribution in [0.25, 0.3) is 0 Å². The van der Waals surface area contributed by atoms with Gasteiger partial charge in [0.2, 0.25) is 0 Å². The quantitative estimate of drug-likeness (QED) is 0.919. The largest absolute Gasteiger partial charge is 0.444 e. The second-order valence-corrected chi connectivity index (χ2v) is 7.13. The van der Waals surface area contributed by atoms with Gasteiger partial charge >= 0.3 is 6.09 Å². The number of piperazine rings is 1. The average Bonchev–Trinajstić information content (AvgIpc) is 2.49. The van der Waals surface area contributed by atoms with Gasteiger partial charge in [0.05, 0.1) is 12.6 Å². The van der Waals surface area contributed by atoms with Crippen LogP contribution in [0, 0.1) is 0 Å². The van der Waals surface area contributed by atoms with Crippen molar-refractivity contribution in [2.45, 2.75) is 32.4 Å². The van der Waals surface area contributed by atoms with Crippen molar-refractivity contribution in [1.29, 1.82) is 0 Å². The molecular formula is C17H25ClN2O3. The summed E-state index contributed by atoms with van der Waals surface area (Å²) >= 11 is 6.25. The van der Waals surface area contributed by atoms with Crippen LogP contribution in [-0.4, -0.2) is 59.4 Å². The number of halogens is 1. The molecule has 1 unspecified atom stereocenters. The number of hydrogen-bond acceptors (Lipinski definition) is 4. The van der Waals surface area contributed by atoms with Gasteiger partial charge in [0.25, 0.3) is 0 Å². The molecule has 23 heavy (non-hydrogen) atoms. The van der Waals surface area contributed by atoms with E-state index in [4.69, 9.17) is 16.3 Å². The standard InChI is InChI=1S/C17H25ClN2O3/c1-17(2,3)23-16(22)20-10-8-19(9-11-20)15(12-21)13-6-4-5-7-14(13)18/h4-7,15,21H,8-12H2,1-3H3. The number of carbonyl (C=O) groups is 1. The maximum atomic E-state index is 12.1. The molecule has 1 fully saturated rings. The van der Waals surface area contributed by atoms with Crippen LogP contribution in [0.1, 0.15) is 32.4 Å². The van der Waals surface area contributed by atoms with Gasteiger partial charge < -0.3 is 14.7 Å². The maximum absolute atomic E-state index is 12.1. The van der Waals surface area contributed by atoms with Crippen molar-refractivity contribution < 1.29 is 14.6 Å². The first kappa shape index (κ1) is 18.0. The second-order valence-electron chi connectivity index (χ2n) is 6.72. The lowest BCUT2D eigenvalue weighted by Gasteiger charge is -2.39. The van der Waals surface area contributed by atoms with Crippen molar-refractivity contribution in [3.8, 4) is 0 Å². The Morgan fingerprint density at radius 2 is 1.87 bits per heavy atom. The van der Waals surface area contributed by atoms with Crippen molar-refractivity contribution in [3.05, 3.63) is 34.9 Å². The predicted molar refractivity (Wildman–Crippen MR) is 90.7 cm³/mol. The zero-order chi connectivity index (χ0) is 17.0. The van der Waals surface area contributed by atoms with E-state index >= 15 is 0 Å². The summed E-state index contributed by atoms with van der Waals surface area (Å²) in [6.07, 6.45) is -0.282. The van der Waals surface area contributed by atoms with E-state index < -0.39 is 5.60 Å². The summed E-state index contributed by atoms with van der Waals surface area (Å²) < 4.78 is 5.40. The SMILES string of the molecule is CC(C)(C)OC(=O)N1CCN(C(CO)c2ccccc2Cl)CC1. The Hall–Kier alpha value is -1.30. The highest BCUT2D eigenvalue weighted by Crippen LogP contribution is 2.28. The summed E-state index contributed by atoms with van der Waals surface area (Å²) in [6, 6.07) is 7.41. The monoisotopic (exact) mass is 340 g/mol. The molecule has 128 valence electrons. The molecule has 1 aromatic carbocycles. The van der Waals surface area contributed by atoms with Gasteiger partial charge in [-0.3, -0.25) is 4.90 Å². The van der Waals surface area contributed by atoms with Gasteiger partial charge in [-0.25, -0.2) is 4.79 Å². The molecule has 2 rings (SSSR count). The Balaban J connectivity index is 1.98. The summed E-state index contributed by atoms with van der Waals surface area (Å²) in [5.41, 5.74) is 0.432. The van der Waals surface area contributed by atoms with E-state index in [2.05, 4.69) is 4.90 Å². The van der Waals surface area contributed by atoms with Crippen LogP contribution in [-0.2, 0) is 4.74 Å². The molecule has 0 saturated carbocycles. The summed E-state index contributed by atoms with van der Waals surface area (Å²) in [4.78, 5) is 16.0. The van der Waals surface area contributed by atoms with Gasteiger partial charge in [-0.2, -0.15) is 0 Å². The molecule has 1 aliphatic heterocycles. The molecule has 1 heterocycles. The number of nitrogens with zero attached hydrogens (tertiary/aromatic N) is 2. The summed E-state index contributed by atoms with van der Waals surface area (Å²) in [5.74, 6) is 0. The third kappa shape index (κ3) is 4.83. The number of benzene rings is 1. The first-order chi connectivity index (χ1) is 10.8. The third-order valence-electron chi connectivity index (χ3n) is 3.84. The number of rotatable bonds is 3. The van der Waals surface area contributed by atoms with Gasteiger partial charge in [-0.15, -0.1) is 0 Å². The lowest BCUT2D eigenvalue weighted by molar-refractivity contribution is 0.00658. The third-order valence-corrected chi connectivity index (χ3v) is 4.19. The highest BCUT2D eigenvalue weighted by atomic mass is 35.5. The maximum Gasteiger partial charge on any atom is 0.410 e. The highest BCUT2D eigenvalue weighted by Gasteiger charge is 2.29. The fourth-order valence-electron chi connectivity index (χ4n) is 2.70. The number of carbonyl (C=O) groups excluding carboxylic acids is 1. The van der Waals surface area contributed by atoms with Gasteiger partial charge in [0.15, 0.2) is 0 Å². The van der Waals surface area contributed by atoms with Crippen LogP contribution in [0.3, 0.4) is 0 Å². The fraction of sp³-hybridized carbons (Fsp3) is 0.588. The van der Waals surface area contributed by atoms with Crippen molar-refractivity contribution in [2.75, 3.05) is 32.8 Å². The molecule has 0 spiro atoms. The topological polar surface area (TPSA) is 53.0 Å². The predicted octanol–water partition coefficient (Wildman–Crippen LogP) is 2.93. The summed E-state index contributed by atoms with van der Waals surface area (Å²) in [7, 11) is 0. The zero-order valence-electron chi connectivity index (χ0n) is 14.0. The first-order valence-corrected chi connectivity index (χ1v) is 8.27. The number of amides is 1. The smallest absolute Gasteiger partial charge is 0.410 e. The molecule has 1 saturated heterocycles. The number of aliphatic hydroxyl groups is 1. The molecule has 1 N–H and O–H groups in total. The van der Waals surface area contributed by atoms with Crippen LogP contribution in [0.5, 0.6) is 0 Å². The van der Waals surface area contributed by atoms with Gasteiger partial charge in [-0.1, -0.05) is 29.8 Å². The van der Waals surface area contributed by atoms with Crippen molar-refractivity contribution >= 4 is 17.7 Å². The molecule has 6 heteroatoms. The second kappa shape index (κ2) is 7.51. The Bertz CT molecular complexity index is 537. The lowest BCUT2D eigenvalue weighted by Crippen LogP contribution is -2.51. The van der Waals surface area contributed by atoms with E-state index in [-0.39, 0.29) is 18.7 Å². The number of ether oxygens (including phenoxy) is 1. The average molecular weight is 341 g/mol. The summed E-state index contributed by atoms with van der Waals surface area (Å²) in [6.45, 7) is 8.09. The molecule has 0 aliphatic carbocycles. The normalized spacial score (nSPS) is 17.9. The number of hydrogen-bond donors (Lipinski definition) is 1. The van der Waals surface area contributed by atoms with Crippen molar-refractivity contribution in [1.82, 2.24) is 9.80 Å². The molecule has 1 atom stereocenters. The molecule has 0 radical (unpaired) electrons. The molecule has 0 aromatic heterocycles. The van der Waals surface area contributed by atoms with E-state index in [1.807, 2.05) is 45.0 Å². The lowest BCUT2D eigenvalue weighted by atomic mass is 10.1. The van der Waals surface area contributed by atoms with Crippen LogP contribution in [0.4, 0.5) is 4.79 Å². The van der Waals surface area contributed by atoms with E-state index in [0.717, 1.165) is 5.56 Å². The Morgan fingerprint density at radius 3 is 2.39 bits per heavy atom. The van der Waals surface area contributed by atoms with E-state index in [1.54, 1.807) is 4.90 Å². The molecular weight excluding hydrogens is 316 g/mol. The van der Waals surface area contributed by atoms with Crippen LogP contribution < -0.4 is 0 Å². The molecule has 1 aliphatic rings. The van der Waals surface area contributed by atoms with Gasteiger partial charge in [-0.05, 0) is 32.4 Å². The van der Waals surface area contributed by atoms with Crippen LogP contribution in [0.2, 0.25) is 5.02 Å². The van der Waals surface area contributed by atoms with Gasteiger partial charge in [0.1, 0.15) is 5.60 Å². The molecule has 0 bridgehead atoms.